The predicted octanol–water partition coefficient (Wildman–Crippen LogP) is 0.408. The van der Waals surface area contributed by atoms with Crippen molar-refractivity contribution in [3.05, 3.63) is 23.3 Å². The van der Waals surface area contributed by atoms with Crippen molar-refractivity contribution in [1.29, 1.82) is 0 Å². The summed E-state index contributed by atoms with van der Waals surface area (Å²) >= 11 is 0. The number of hydrogen-bond acceptors (Lipinski definition) is 5. The van der Waals surface area contributed by atoms with Crippen LogP contribution in [0, 0.1) is 0 Å². The van der Waals surface area contributed by atoms with E-state index in [1.807, 2.05) is 0 Å². The lowest BCUT2D eigenvalue weighted by Crippen LogP contribution is -1.97. The summed E-state index contributed by atoms with van der Waals surface area (Å²) in [5.41, 5.74) is -0.546. The van der Waals surface area contributed by atoms with Gasteiger partial charge in [-0.05, 0) is 12.1 Å². The van der Waals surface area contributed by atoms with Crippen molar-refractivity contribution in [2.45, 2.75) is 0 Å². The number of phenols is 2. The fraction of sp³-hybridized carbons (Fsp3) is 0. The molecule has 1 heterocycles. The molecule has 0 aromatic heterocycles. The predicted molar refractivity (Wildman–Crippen MR) is 39.5 cm³/mol. The number of benzene rings is 1. The maximum absolute atomic E-state index is 10.9. The molecule has 2 rings (SSSR count). The zero-order chi connectivity index (χ0) is 9.59. The molecule has 0 fully saturated rings. The van der Waals surface area contributed by atoms with E-state index in [4.69, 9.17) is 0 Å². The molecule has 5 heteroatoms. The van der Waals surface area contributed by atoms with Gasteiger partial charge in [-0.1, -0.05) is 0 Å². The molecule has 0 bridgehead atoms. The van der Waals surface area contributed by atoms with Crippen LogP contribution in [0.4, 0.5) is 0 Å². The average Bonchev–Trinajstić information content (AvgIpc) is 2.36. The third kappa shape index (κ3) is 0.868. The minimum absolute atomic E-state index is 0.273. The lowest BCUT2D eigenvalue weighted by Gasteiger charge is -1.98. The zero-order valence-electron chi connectivity index (χ0n) is 6.27. The Kier molecular flexibility index (Phi) is 1.30. The summed E-state index contributed by atoms with van der Waals surface area (Å²) in [6.45, 7) is 0. The van der Waals surface area contributed by atoms with E-state index in [0.717, 1.165) is 12.1 Å². The minimum Gasteiger partial charge on any atom is -0.507 e. The molecule has 2 N–H and O–H groups in total. The molecule has 1 aromatic carbocycles. The summed E-state index contributed by atoms with van der Waals surface area (Å²) in [6, 6.07) is 2.24. The van der Waals surface area contributed by atoms with E-state index < -0.39 is 11.9 Å². The molecule has 5 nitrogen and oxygen atoms in total. The molecule has 1 aromatic rings. The molecular formula is C8H4O5. The number of rotatable bonds is 0. The molecule has 0 aliphatic carbocycles. The maximum Gasteiger partial charge on any atom is 0.350 e. The Hall–Kier alpha value is -2.04. The molecule has 0 saturated heterocycles. The van der Waals surface area contributed by atoms with Gasteiger partial charge >= 0.3 is 11.9 Å². The molecule has 0 spiro atoms. The Morgan fingerprint density at radius 2 is 1.31 bits per heavy atom. The Morgan fingerprint density at radius 3 is 1.69 bits per heavy atom. The molecular weight excluding hydrogens is 176 g/mol. The van der Waals surface area contributed by atoms with Crippen LogP contribution in [-0.2, 0) is 4.74 Å². The van der Waals surface area contributed by atoms with Crippen molar-refractivity contribution < 1.29 is 24.5 Å². The number of phenolic OH excluding ortho intramolecular Hbond substituents is 2. The van der Waals surface area contributed by atoms with E-state index in [1.165, 1.54) is 0 Å². The summed E-state index contributed by atoms with van der Waals surface area (Å²) < 4.78 is 4.20. The monoisotopic (exact) mass is 180 g/mol. The molecule has 0 unspecified atom stereocenters. The first-order valence-electron chi connectivity index (χ1n) is 3.42. The number of ether oxygens (including phenoxy) is 1. The number of hydrogen-bond donors (Lipinski definition) is 2. The first-order valence-corrected chi connectivity index (χ1v) is 3.42. The van der Waals surface area contributed by atoms with Gasteiger partial charge in [0, 0.05) is 0 Å². The second kappa shape index (κ2) is 2.22. The van der Waals surface area contributed by atoms with E-state index in [-0.39, 0.29) is 22.6 Å². The SMILES string of the molecule is O=C1OC(=O)c2c(O)ccc(O)c21. The van der Waals surface area contributed by atoms with Gasteiger partial charge in [-0.3, -0.25) is 0 Å². The topological polar surface area (TPSA) is 83.8 Å². The van der Waals surface area contributed by atoms with Crippen LogP contribution in [0.3, 0.4) is 0 Å². The van der Waals surface area contributed by atoms with Crippen LogP contribution in [0.5, 0.6) is 11.5 Å². The van der Waals surface area contributed by atoms with Crippen LogP contribution >= 0.6 is 0 Å². The quantitative estimate of drug-likeness (QED) is 0.343. The number of cyclic esters (lactones) is 2. The molecule has 1 aliphatic rings. The minimum atomic E-state index is -0.937. The highest BCUT2D eigenvalue weighted by Gasteiger charge is 2.35. The summed E-state index contributed by atoms with van der Waals surface area (Å²) in [5.74, 6) is -2.62. The average molecular weight is 180 g/mol. The van der Waals surface area contributed by atoms with E-state index >= 15 is 0 Å². The first kappa shape index (κ1) is 7.60. The van der Waals surface area contributed by atoms with Crippen molar-refractivity contribution in [3.8, 4) is 11.5 Å². The molecule has 0 radical (unpaired) electrons. The number of carbonyl (C=O) groups excluding carboxylic acids is 2. The van der Waals surface area contributed by atoms with Crippen molar-refractivity contribution in [3.63, 3.8) is 0 Å². The van der Waals surface area contributed by atoms with Gasteiger partial charge in [-0.25, -0.2) is 9.59 Å². The first-order chi connectivity index (χ1) is 6.11. The zero-order valence-corrected chi connectivity index (χ0v) is 6.27. The highest BCUT2D eigenvalue weighted by molar-refractivity contribution is 6.17. The third-order valence-corrected chi connectivity index (χ3v) is 1.75. The highest BCUT2D eigenvalue weighted by atomic mass is 16.6. The second-order valence-corrected chi connectivity index (χ2v) is 2.53. The van der Waals surface area contributed by atoms with E-state index in [0.29, 0.717) is 0 Å². The standard InChI is InChI=1S/C8H4O5/c9-3-1-2-4(10)6-5(3)7(11)13-8(6)12/h1-2,9-10H. The van der Waals surface area contributed by atoms with Gasteiger partial charge in [0.2, 0.25) is 0 Å². The van der Waals surface area contributed by atoms with Gasteiger partial charge in [0.15, 0.2) is 0 Å². The van der Waals surface area contributed by atoms with Crippen LogP contribution in [0.25, 0.3) is 0 Å². The van der Waals surface area contributed by atoms with Crippen molar-refractivity contribution >= 4 is 11.9 Å². The molecule has 0 saturated carbocycles. The largest absolute Gasteiger partial charge is 0.507 e. The molecule has 66 valence electrons. The van der Waals surface area contributed by atoms with Gasteiger partial charge in [-0.15, -0.1) is 0 Å². The van der Waals surface area contributed by atoms with Crippen LogP contribution in [0.1, 0.15) is 20.7 Å². The summed E-state index contributed by atoms with van der Waals surface area (Å²) in [7, 11) is 0. The number of fused-ring (bicyclic) bond motifs is 1. The normalized spacial score (nSPS) is 14.2. The van der Waals surface area contributed by atoms with Crippen molar-refractivity contribution in [2.75, 3.05) is 0 Å². The van der Waals surface area contributed by atoms with Crippen LogP contribution in [0.15, 0.2) is 12.1 Å². The number of carbonyl (C=O) groups is 2. The molecule has 0 atom stereocenters. The van der Waals surface area contributed by atoms with Gasteiger partial charge in [0.05, 0.1) is 0 Å². The highest BCUT2D eigenvalue weighted by Crippen LogP contribution is 2.34. The lowest BCUT2D eigenvalue weighted by atomic mass is 10.1. The Morgan fingerprint density at radius 1 is 0.923 bits per heavy atom. The summed E-state index contributed by atoms with van der Waals surface area (Å²) in [6.07, 6.45) is 0. The van der Waals surface area contributed by atoms with Gasteiger partial charge in [-0.2, -0.15) is 0 Å². The van der Waals surface area contributed by atoms with E-state index in [9.17, 15) is 19.8 Å². The maximum atomic E-state index is 10.9. The van der Waals surface area contributed by atoms with Crippen molar-refractivity contribution in [1.82, 2.24) is 0 Å². The Bertz CT molecular complexity index is 382. The Balaban J connectivity index is 2.81. The van der Waals surface area contributed by atoms with Crippen LogP contribution in [0.2, 0.25) is 0 Å². The molecule has 13 heavy (non-hydrogen) atoms. The fourth-order valence-electron chi connectivity index (χ4n) is 1.18. The molecule has 0 amide bonds. The smallest absolute Gasteiger partial charge is 0.350 e. The van der Waals surface area contributed by atoms with Crippen molar-refractivity contribution in [2.24, 2.45) is 0 Å². The number of esters is 2. The van der Waals surface area contributed by atoms with Crippen LogP contribution < -0.4 is 0 Å². The van der Waals surface area contributed by atoms with Crippen LogP contribution in [-0.4, -0.2) is 22.2 Å². The van der Waals surface area contributed by atoms with E-state index in [2.05, 4.69) is 4.74 Å². The number of aromatic hydroxyl groups is 2. The van der Waals surface area contributed by atoms with Gasteiger partial charge in [0.25, 0.3) is 0 Å². The summed E-state index contributed by atoms with van der Waals surface area (Å²) in [5, 5.41) is 18.4. The van der Waals surface area contributed by atoms with Gasteiger partial charge < -0.3 is 14.9 Å². The second-order valence-electron chi connectivity index (χ2n) is 2.53. The lowest BCUT2D eigenvalue weighted by molar-refractivity contribution is 0.0442. The van der Waals surface area contributed by atoms with E-state index in [1.54, 1.807) is 0 Å². The summed E-state index contributed by atoms with van der Waals surface area (Å²) in [4.78, 5) is 21.9. The fourth-order valence-corrected chi connectivity index (χ4v) is 1.18. The van der Waals surface area contributed by atoms with Gasteiger partial charge in [0.1, 0.15) is 22.6 Å². The Labute approximate surface area is 72.2 Å². The third-order valence-electron chi connectivity index (χ3n) is 1.75. The molecule has 1 aliphatic heterocycles.